The first-order valence-electron chi connectivity index (χ1n) is 8.45. The summed E-state index contributed by atoms with van der Waals surface area (Å²) in [7, 11) is 0. The van der Waals surface area contributed by atoms with E-state index < -0.39 is 40.4 Å². The van der Waals surface area contributed by atoms with E-state index in [1.165, 1.54) is 24.3 Å². The molecule has 3 saturated heterocycles. The lowest BCUT2D eigenvalue weighted by Crippen LogP contribution is -2.73. The van der Waals surface area contributed by atoms with Crippen molar-refractivity contribution in [2.24, 2.45) is 16.7 Å². The SMILES string of the molecule is N#CC1(C#N)[C@@H]2CCCC[C@@]23OC(=N)[C@@]1(C#N)[C@@H](c1ccc(F)cc1)O3. The van der Waals surface area contributed by atoms with E-state index in [4.69, 9.17) is 14.9 Å². The van der Waals surface area contributed by atoms with E-state index in [1.54, 1.807) is 0 Å². The third kappa shape index (κ3) is 1.68. The summed E-state index contributed by atoms with van der Waals surface area (Å²) in [4.78, 5) is 0. The molecule has 1 N–H and O–H groups in total. The molecule has 0 amide bonds. The highest BCUT2D eigenvalue weighted by atomic mass is 19.1. The molecule has 4 atom stereocenters. The summed E-state index contributed by atoms with van der Waals surface area (Å²) < 4.78 is 25.4. The molecule has 1 aromatic carbocycles. The van der Waals surface area contributed by atoms with Crippen molar-refractivity contribution >= 4 is 5.90 Å². The second-order valence-corrected chi connectivity index (χ2v) is 7.04. The zero-order valence-electron chi connectivity index (χ0n) is 13.8. The van der Waals surface area contributed by atoms with Gasteiger partial charge in [-0.05, 0) is 30.5 Å². The van der Waals surface area contributed by atoms with E-state index in [9.17, 15) is 20.2 Å². The summed E-state index contributed by atoms with van der Waals surface area (Å²) in [5.74, 6) is -2.77. The Balaban J connectivity index is 2.00. The maximum atomic E-state index is 13.4. The first-order valence-corrected chi connectivity index (χ1v) is 8.45. The van der Waals surface area contributed by atoms with Crippen LogP contribution in [0.4, 0.5) is 4.39 Å². The summed E-state index contributed by atoms with van der Waals surface area (Å²) in [6.45, 7) is 0. The highest BCUT2D eigenvalue weighted by Gasteiger charge is 2.80. The first kappa shape index (κ1) is 16.5. The number of hydrogen-bond acceptors (Lipinski definition) is 6. The minimum Gasteiger partial charge on any atom is -0.447 e. The van der Waals surface area contributed by atoms with Gasteiger partial charge in [0.2, 0.25) is 11.7 Å². The molecule has 1 aliphatic carbocycles. The molecule has 6 nitrogen and oxygen atoms in total. The third-order valence-corrected chi connectivity index (χ3v) is 5.99. The molecule has 130 valence electrons. The lowest BCUT2D eigenvalue weighted by Gasteiger charge is -2.63. The molecule has 5 rings (SSSR count). The normalized spacial score (nSPS) is 36.8. The molecule has 1 saturated carbocycles. The molecule has 3 aliphatic heterocycles. The van der Waals surface area contributed by atoms with Gasteiger partial charge in [0, 0.05) is 6.42 Å². The summed E-state index contributed by atoms with van der Waals surface area (Å²) in [5.41, 5.74) is -3.23. The minimum absolute atomic E-state index is 0.415. The van der Waals surface area contributed by atoms with Crippen molar-refractivity contribution in [2.45, 2.75) is 37.6 Å². The van der Waals surface area contributed by atoms with E-state index in [2.05, 4.69) is 12.1 Å². The van der Waals surface area contributed by atoms with Crippen LogP contribution in [0.5, 0.6) is 0 Å². The van der Waals surface area contributed by atoms with Gasteiger partial charge >= 0.3 is 0 Å². The van der Waals surface area contributed by atoms with Crippen LogP contribution >= 0.6 is 0 Å². The molecule has 1 spiro atoms. The van der Waals surface area contributed by atoms with Gasteiger partial charge in [-0.2, -0.15) is 15.8 Å². The summed E-state index contributed by atoms with van der Waals surface area (Å²) >= 11 is 0. The predicted octanol–water partition coefficient (Wildman–Crippen LogP) is 3.33. The Morgan fingerprint density at radius 3 is 2.38 bits per heavy atom. The van der Waals surface area contributed by atoms with Crippen LogP contribution in [0.15, 0.2) is 24.3 Å². The Morgan fingerprint density at radius 2 is 1.77 bits per heavy atom. The van der Waals surface area contributed by atoms with Crippen LogP contribution in [0.3, 0.4) is 0 Å². The Morgan fingerprint density at radius 1 is 1.08 bits per heavy atom. The van der Waals surface area contributed by atoms with Gasteiger partial charge in [0.15, 0.2) is 10.8 Å². The average Bonchev–Trinajstić information content (AvgIpc) is 2.66. The number of nitrogens with zero attached hydrogens (tertiary/aromatic N) is 3. The second-order valence-electron chi connectivity index (χ2n) is 7.04. The standard InChI is InChI=1S/C19H15FN4O2/c20-13-6-4-12(5-7-13)15-18(11-23)16(24)26-19(25-15)8-2-1-3-14(19)17(18,9-21)10-22/h4-7,14-15,24H,1-3,8H2/t14-,15+,18+,19+/m0/s1. The monoisotopic (exact) mass is 350 g/mol. The fraction of sp³-hybridized carbons (Fsp3) is 0.474. The van der Waals surface area contributed by atoms with E-state index in [0.29, 0.717) is 18.4 Å². The molecule has 4 fully saturated rings. The molecule has 3 heterocycles. The smallest absolute Gasteiger partial charge is 0.218 e. The Bertz CT molecular complexity index is 895. The molecule has 7 heteroatoms. The van der Waals surface area contributed by atoms with Crippen molar-refractivity contribution in [1.29, 1.82) is 21.2 Å². The lowest BCUT2D eigenvalue weighted by molar-refractivity contribution is -0.360. The summed E-state index contributed by atoms with van der Waals surface area (Å²) in [5, 5.41) is 38.6. The number of fused-ring (bicyclic) bond motifs is 2. The van der Waals surface area contributed by atoms with Gasteiger partial charge in [-0.15, -0.1) is 0 Å². The highest BCUT2D eigenvalue weighted by molar-refractivity contribution is 5.89. The van der Waals surface area contributed by atoms with Crippen molar-refractivity contribution in [3.05, 3.63) is 35.6 Å². The van der Waals surface area contributed by atoms with E-state index in [1.807, 2.05) is 6.07 Å². The maximum absolute atomic E-state index is 13.4. The lowest BCUT2D eigenvalue weighted by atomic mass is 9.48. The topological polar surface area (TPSA) is 114 Å². The minimum atomic E-state index is -1.90. The van der Waals surface area contributed by atoms with Crippen molar-refractivity contribution in [1.82, 2.24) is 0 Å². The van der Waals surface area contributed by atoms with Crippen LogP contribution in [-0.2, 0) is 9.47 Å². The molecule has 0 aromatic heterocycles. The number of rotatable bonds is 1. The van der Waals surface area contributed by atoms with Gasteiger partial charge in [-0.25, -0.2) is 4.39 Å². The average molecular weight is 350 g/mol. The van der Waals surface area contributed by atoms with Gasteiger partial charge in [0.1, 0.15) is 11.9 Å². The van der Waals surface area contributed by atoms with Gasteiger partial charge in [-0.3, -0.25) is 5.41 Å². The molecular weight excluding hydrogens is 335 g/mol. The Kier molecular flexibility index (Phi) is 3.35. The molecule has 0 unspecified atom stereocenters. The summed E-state index contributed by atoms with van der Waals surface area (Å²) in [6.07, 6.45) is 1.45. The third-order valence-electron chi connectivity index (χ3n) is 5.99. The number of nitrogens with one attached hydrogen (secondary N) is 1. The van der Waals surface area contributed by atoms with Crippen LogP contribution in [0.2, 0.25) is 0 Å². The molecule has 1 aromatic rings. The number of ether oxygens (including phenoxy) is 2. The van der Waals surface area contributed by atoms with E-state index in [-0.39, 0.29) is 0 Å². The van der Waals surface area contributed by atoms with Gasteiger partial charge in [0.05, 0.1) is 24.1 Å². The summed E-state index contributed by atoms with van der Waals surface area (Å²) in [6, 6.07) is 11.5. The van der Waals surface area contributed by atoms with Crippen LogP contribution in [-0.4, -0.2) is 11.7 Å². The van der Waals surface area contributed by atoms with Crippen LogP contribution < -0.4 is 0 Å². The largest absolute Gasteiger partial charge is 0.447 e. The first-order chi connectivity index (χ1) is 12.5. The zero-order valence-corrected chi connectivity index (χ0v) is 13.8. The number of benzene rings is 1. The van der Waals surface area contributed by atoms with Crippen LogP contribution in [0.1, 0.15) is 37.4 Å². The maximum Gasteiger partial charge on any atom is 0.218 e. The molecule has 0 radical (unpaired) electrons. The fourth-order valence-electron chi connectivity index (χ4n) is 4.78. The van der Waals surface area contributed by atoms with Gasteiger partial charge in [0.25, 0.3) is 0 Å². The number of hydrogen-bond donors (Lipinski definition) is 1. The van der Waals surface area contributed by atoms with Crippen molar-refractivity contribution in [3.8, 4) is 18.2 Å². The van der Waals surface area contributed by atoms with Crippen molar-refractivity contribution in [2.75, 3.05) is 0 Å². The second kappa shape index (κ2) is 5.27. The zero-order chi connectivity index (χ0) is 18.6. The molecule has 26 heavy (non-hydrogen) atoms. The van der Waals surface area contributed by atoms with Crippen molar-refractivity contribution < 1.29 is 13.9 Å². The van der Waals surface area contributed by atoms with E-state index >= 15 is 0 Å². The molecule has 2 bridgehead atoms. The fourth-order valence-corrected chi connectivity index (χ4v) is 4.78. The molecule has 4 aliphatic rings. The van der Waals surface area contributed by atoms with Crippen LogP contribution in [0, 0.1) is 62.0 Å². The van der Waals surface area contributed by atoms with Crippen molar-refractivity contribution in [3.63, 3.8) is 0 Å². The Labute approximate surface area is 149 Å². The predicted molar refractivity (Wildman–Crippen MR) is 85.4 cm³/mol. The van der Waals surface area contributed by atoms with E-state index in [0.717, 1.165) is 12.8 Å². The Hall–Kier alpha value is -2.95. The number of nitriles is 3. The van der Waals surface area contributed by atoms with Crippen LogP contribution in [0.25, 0.3) is 0 Å². The van der Waals surface area contributed by atoms with Gasteiger partial charge < -0.3 is 9.47 Å². The quantitative estimate of drug-likeness (QED) is 0.834. The molecular formula is C19H15FN4O2. The highest BCUT2D eigenvalue weighted by Crippen LogP contribution is 2.69. The number of halogens is 1. The van der Waals surface area contributed by atoms with Gasteiger partial charge in [-0.1, -0.05) is 18.6 Å².